The molecule has 1 heterocycles. The van der Waals surface area contributed by atoms with Gasteiger partial charge in [-0.3, -0.25) is 0 Å². The molecule has 0 radical (unpaired) electrons. The van der Waals surface area contributed by atoms with Crippen LogP contribution < -0.4 is 4.74 Å². The molecular formula is C12H13BrClN3O2. The molecule has 0 aliphatic heterocycles. The van der Waals surface area contributed by atoms with Crippen LogP contribution in [-0.4, -0.2) is 32.8 Å². The number of hydrogen-bond acceptors (Lipinski definition) is 4. The van der Waals surface area contributed by atoms with Crippen LogP contribution >= 0.6 is 27.5 Å². The van der Waals surface area contributed by atoms with Crippen molar-refractivity contribution in [3.05, 3.63) is 39.6 Å². The molecule has 0 amide bonds. The normalized spacial score (nSPS) is 12.4. The Morgan fingerprint density at radius 2 is 2.32 bits per heavy atom. The Balaban J connectivity index is 1.87. The lowest BCUT2D eigenvalue weighted by atomic mass is 10.3. The summed E-state index contributed by atoms with van der Waals surface area (Å²) in [5.41, 5.74) is 0.813. The lowest BCUT2D eigenvalue weighted by Crippen LogP contribution is -2.24. The molecule has 0 fully saturated rings. The minimum atomic E-state index is -0.663. The predicted octanol–water partition coefficient (Wildman–Crippen LogP) is 2.44. The van der Waals surface area contributed by atoms with Crippen molar-refractivity contribution in [1.29, 1.82) is 0 Å². The van der Waals surface area contributed by atoms with Gasteiger partial charge in [-0.25, -0.2) is 4.68 Å². The molecule has 7 heteroatoms. The van der Waals surface area contributed by atoms with Gasteiger partial charge in [0.25, 0.3) is 0 Å². The van der Waals surface area contributed by atoms with E-state index in [9.17, 15) is 5.11 Å². The third-order valence-corrected chi connectivity index (χ3v) is 3.23. The van der Waals surface area contributed by atoms with Gasteiger partial charge in [-0.05, 0) is 41.1 Å². The summed E-state index contributed by atoms with van der Waals surface area (Å²) in [7, 11) is 0. The fourth-order valence-corrected chi connectivity index (χ4v) is 2.33. The lowest BCUT2D eigenvalue weighted by molar-refractivity contribution is 0.0885. The Kier molecular flexibility index (Phi) is 4.79. The number of halogens is 2. The van der Waals surface area contributed by atoms with E-state index in [2.05, 4.69) is 26.2 Å². The average molecular weight is 347 g/mol. The molecule has 102 valence electrons. The molecule has 0 spiro atoms. The van der Waals surface area contributed by atoms with Gasteiger partial charge in [0.15, 0.2) is 0 Å². The maximum absolute atomic E-state index is 9.86. The lowest BCUT2D eigenvalue weighted by Gasteiger charge is -2.13. The summed E-state index contributed by atoms with van der Waals surface area (Å²) in [5.74, 6) is 0.637. The molecule has 0 bridgehead atoms. The first-order chi connectivity index (χ1) is 9.04. The van der Waals surface area contributed by atoms with Crippen LogP contribution in [0.4, 0.5) is 0 Å². The highest BCUT2D eigenvalue weighted by Gasteiger charge is 2.09. The van der Waals surface area contributed by atoms with Gasteiger partial charge >= 0.3 is 0 Å². The van der Waals surface area contributed by atoms with Gasteiger partial charge in [-0.2, -0.15) is 0 Å². The highest BCUT2D eigenvalue weighted by atomic mass is 79.9. The zero-order valence-electron chi connectivity index (χ0n) is 10.3. The Labute approximate surface area is 124 Å². The van der Waals surface area contributed by atoms with Crippen molar-refractivity contribution >= 4 is 27.5 Å². The maximum Gasteiger partial charge on any atom is 0.133 e. The molecule has 19 heavy (non-hydrogen) atoms. The summed E-state index contributed by atoms with van der Waals surface area (Å²) < 4.78 is 7.85. The zero-order valence-corrected chi connectivity index (χ0v) is 12.6. The van der Waals surface area contributed by atoms with Crippen LogP contribution in [0.15, 0.2) is 28.9 Å². The van der Waals surface area contributed by atoms with E-state index in [0.717, 1.165) is 10.2 Å². The fraction of sp³-hybridized carbons (Fsp3) is 0.333. The summed E-state index contributed by atoms with van der Waals surface area (Å²) in [5, 5.41) is 18.2. The minimum absolute atomic E-state index is 0.166. The first kappa shape index (κ1) is 14.3. The molecule has 0 saturated heterocycles. The molecule has 0 aliphatic carbocycles. The highest BCUT2D eigenvalue weighted by molar-refractivity contribution is 9.10. The molecule has 2 rings (SSSR count). The van der Waals surface area contributed by atoms with E-state index in [-0.39, 0.29) is 6.61 Å². The highest BCUT2D eigenvalue weighted by Crippen LogP contribution is 2.28. The Hall–Kier alpha value is -1.11. The van der Waals surface area contributed by atoms with Crippen LogP contribution in [0.3, 0.4) is 0 Å². The van der Waals surface area contributed by atoms with E-state index in [0.29, 0.717) is 17.3 Å². The molecule has 1 unspecified atom stereocenters. The molecule has 1 aromatic carbocycles. The van der Waals surface area contributed by atoms with Gasteiger partial charge in [0, 0.05) is 11.2 Å². The van der Waals surface area contributed by atoms with E-state index in [1.807, 2.05) is 6.92 Å². The first-order valence-electron chi connectivity index (χ1n) is 5.67. The monoisotopic (exact) mass is 345 g/mol. The van der Waals surface area contributed by atoms with Gasteiger partial charge in [-0.1, -0.05) is 16.8 Å². The molecule has 1 atom stereocenters. The number of aryl methyl sites for hydroxylation is 1. The van der Waals surface area contributed by atoms with Crippen LogP contribution in [-0.2, 0) is 6.54 Å². The fourth-order valence-electron chi connectivity index (χ4n) is 1.53. The van der Waals surface area contributed by atoms with E-state index < -0.39 is 6.10 Å². The third-order valence-electron chi connectivity index (χ3n) is 2.38. The number of ether oxygens (including phenoxy) is 1. The van der Waals surface area contributed by atoms with Crippen LogP contribution in [0.1, 0.15) is 5.69 Å². The quantitative estimate of drug-likeness (QED) is 0.903. The van der Waals surface area contributed by atoms with Crippen LogP contribution in [0.2, 0.25) is 5.02 Å². The SMILES string of the molecule is Cc1cn(CC(O)COc2ccc(Cl)cc2Br)nn1. The van der Waals surface area contributed by atoms with Gasteiger partial charge < -0.3 is 9.84 Å². The Bertz CT molecular complexity index is 562. The largest absolute Gasteiger partial charge is 0.490 e. The molecule has 1 aromatic heterocycles. The second-order valence-corrected chi connectivity index (χ2v) is 5.41. The topological polar surface area (TPSA) is 60.2 Å². The average Bonchev–Trinajstić information content (AvgIpc) is 2.73. The summed E-state index contributed by atoms with van der Waals surface area (Å²) in [6.07, 6.45) is 1.10. The van der Waals surface area contributed by atoms with Crippen LogP contribution in [0.25, 0.3) is 0 Å². The third kappa shape index (κ3) is 4.19. The molecular weight excluding hydrogens is 334 g/mol. The van der Waals surface area contributed by atoms with E-state index >= 15 is 0 Å². The van der Waals surface area contributed by atoms with E-state index in [1.54, 1.807) is 29.1 Å². The maximum atomic E-state index is 9.86. The number of hydrogen-bond donors (Lipinski definition) is 1. The molecule has 2 aromatic rings. The van der Waals surface area contributed by atoms with Crippen molar-refractivity contribution in [3.63, 3.8) is 0 Å². The van der Waals surface area contributed by atoms with Gasteiger partial charge in [-0.15, -0.1) is 5.10 Å². The Morgan fingerprint density at radius 1 is 1.53 bits per heavy atom. The van der Waals surface area contributed by atoms with Gasteiger partial charge in [0.05, 0.1) is 16.7 Å². The second-order valence-electron chi connectivity index (χ2n) is 4.12. The van der Waals surface area contributed by atoms with Gasteiger partial charge in [0.1, 0.15) is 18.5 Å². The number of benzene rings is 1. The van der Waals surface area contributed by atoms with Crippen molar-refractivity contribution < 1.29 is 9.84 Å². The smallest absolute Gasteiger partial charge is 0.133 e. The van der Waals surface area contributed by atoms with Gasteiger partial charge in [0.2, 0.25) is 0 Å². The number of nitrogens with zero attached hydrogens (tertiary/aromatic N) is 3. The molecule has 0 saturated carbocycles. The van der Waals surface area contributed by atoms with Crippen molar-refractivity contribution in [3.8, 4) is 5.75 Å². The Morgan fingerprint density at radius 3 is 2.95 bits per heavy atom. The first-order valence-corrected chi connectivity index (χ1v) is 6.84. The van der Waals surface area contributed by atoms with Crippen LogP contribution in [0, 0.1) is 6.92 Å². The summed E-state index contributed by atoms with van der Waals surface area (Å²) in [6.45, 7) is 2.35. The van der Waals surface area contributed by atoms with Crippen LogP contribution in [0.5, 0.6) is 5.75 Å². The summed E-state index contributed by atoms with van der Waals surface area (Å²) in [4.78, 5) is 0. The predicted molar refractivity (Wildman–Crippen MR) is 75.4 cm³/mol. The minimum Gasteiger partial charge on any atom is -0.490 e. The van der Waals surface area contributed by atoms with E-state index in [1.165, 1.54) is 0 Å². The number of rotatable bonds is 5. The van der Waals surface area contributed by atoms with Crippen molar-refractivity contribution in [1.82, 2.24) is 15.0 Å². The van der Waals surface area contributed by atoms with Crippen molar-refractivity contribution in [2.45, 2.75) is 19.6 Å². The summed E-state index contributed by atoms with van der Waals surface area (Å²) >= 11 is 9.18. The van der Waals surface area contributed by atoms with E-state index in [4.69, 9.17) is 16.3 Å². The molecule has 1 N–H and O–H groups in total. The standard InChI is InChI=1S/C12H13BrClN3O2/c1-8-5-17(16-15-8)6-10(18)7-19-12-3-2-9(14)4-11(12)13/h2-5,10,18H,6-7H2,1H3. The number of aliphatic hydroxyl groups excluding tert-OH is 1. The molecule has 0 aliphatic rings. The summed E-state index contributed by atoms with van der Waals surface area (Å²) in [6, 6.07) is 5.22. The number of aromatic nitrogens is 3. The molecule has 5 nitrogen and oxygen atoms in total. The number of aliphatic hydroxyl groups is 1. The van der Waals surface area contributed by atoms with Crippen molar-refractivity contribution in [2.75, 3.05) is 6.61 Å². The zero-order chi connectivity index (χ0) is 13.8. The second kappa shape index (κ2) is 6.36. The van der Waals surface area contributed by atoms with Crippen molar-refractivity contribution in [2.24, 2.45) is 0 Å².